The number of rotatable bonds is 1. The van der Waals surface area contributed by atoms with E-state index in [1.807, 2.05) is 0 Å². The van der Waals surface area contributed by atoms with E-state index < -0.39 is 0 Å². The molecule has 0 spiro atoms. The molecule has 1 aliphatic carbocycles. The van der Waals surface area contributed by atoms with Gasteiger partial charge in [-0.05, 0) is 36.5 Å². The Balaban J connectivity index is 2.02. The molecule has 0 bridgehead atoms. The summed E-state index contributed by atoms with van der Waals surface area (Å²) in [4.78, 5) is 2.54. The third kappa shape index (κ3) is 2.43. The molecule has 2 aliphatic rings. The smallest absolute Gasteiger partial charge is 0.0695 e. The summed E-state index contributed by atoms with van der Waals surface area (Å²) in [6.45, 7) is 11.7. The molecule has 94 valence electrons. The van der Waals surface area contributed by atoms with E-state index in [1.165, 1.54) is 19.5 Å². The maximum Gasteiger partial charge on any atom is 0.0695 e. The van der Waals surface area contributed by atoms with Gasteiger partial charge in [-0.2, -0.15) is 0 Å². The summed E-state index contributed by atoms with van der Waals surface area (Å²) in [6.07, 6.45) is 3.22. The van der Waals surface area contributed by atoms with Gasteiger partial charge >= 0.3 is 0 Å². The second kappa shape index (κ2) is 4.30. The van der Waals surface area contributed by atoms with Crippen molar-refractivity contribution in [1.82, 2.24) is 4.90 Å². The zero-order valence-corrected chi connectivity index (χ0v) is 11.2. The zero-order chi connectivity index (χ0) is 11.9. The molecule has 2 nitrogen and oxygen atoms in total. The number of aliphatic hydroxyl groups excluding tert-OH is 1. The van der Waals surface area contributed by atoms with Crippen molar-refractivity contribution in [1.29, 1.82) is 0 Å². The lowest BCUT2D eigenvalue weighted by Gasteiger charge is -2.43. The summed E-state index contributed by atoms with van der Waals surface area (Å²) in [5, 5.41) is 10.2. The third-order valence-electron chi connectivity index (χ3n) is 4.81. The number of likely N-dealkylation sites (tertiary alicyclic amines) is 1. The Morgan fingerprint density at radius 2 is 1.69 bits per heavy atom. The number of nitrogens with zero attached hydrogens (tertiary/aromatic N) is 1. The van der Waals surface area contributed by atoms with Crippen molar-refractivity contribution in [3.05, 3.63) is 0 Å². The van der Waals surface area contributed by atoms with Gasteiger partial charge in [0.2, 0.25) is 0 Å². The van der Waals surface area contributed by atoms with E-state index in [0.29, 0.717) is 11.5 Å². The number of hydrogen-bond acceptors (Lipinski definition) is 2. The van der Waals surface area contributed by atoms with Crippen LogP contribution in [-0.4, -0.2) is 35.2 Å². The van der Waals surface area contributed by atoms with E-state index in [0.717, 1.165) is 24.7 Å². The Bertz CT molecular complexity index is 241. The Hall–Kier alpha value is -0.0800. The second-order valence-corrected chi connectivity index (χ2v) is 6.95. The van der Waals surface area contributed by atoms with E-state index in [4.69, 9.17) is 0 Å². The fourth-order valence-corrected chi connectivity index (χ4v) is 3.35. The summed E-state index contributed by atoms with van der Waals surface area (Å²) >= 11 is 0. The SMILES string of the molecule is CC1CN(C2CC(C)(C)CCC2O)CC1C. The Morgan fingerprint density at radius 1 is 1.12 bits per heavy atom. The minimum absolute atomic E-state index is 0.0921. The Labute approximate surface area is 100 Å². The van der Waals surface area contributed by atoms with E-state index in [1.54, 1.807) is 0 Å². The van der Waals surface area contributed by atoms with Gasteiger partial charge in [0, 0.05) is 19.1 Å². The molecule has 0 aromatic carbocycles. The molecular weight excluding hydrogens is 198 g/mol. The van der Waals surface area contributed by atoms with Gasteiger partial charge in [-0.25, -0.2) is 0 Å². The first-order chi connectivity index (χ1) is 7.39. The number of aliphatic hydroxyl groups is 1. The van der Waals surface area contributed by atoms with Crippen molar-refractivity contribution in [2.75, 3.05) is 13.1 Å². The molecule has 4 atom stereocenters. The summed E-state index contributed by atoms with van der Waals surface area (Å²) in [6, 6.07) is 0.413. The van der Waals surface area contributed by atoms with Gasteiger partial charge in [-0.3, -0.25) is 4.90 Å². The van der Waals surface area contributed by atoms with Crippen LogP contribution in [-0.2, 0) is 0 Å². The predicted octanol–water partition coefficient (Wildman–Crippen LogP) is 2.51. The van der Waals surface area contributed by atoms with Crippen LogP contribution in [0.2, 0.25) is 0 Å². The maximum absolute atomic E-state index is 10.2. The van der Waals surface area contributed by atoms with Crippen molar-refractivity contribution in [2.45, 2.75) is 59.1 Å². The molecule has 2 fully saturated rings. The van der Waals surface area contributed by atoms with Crippen LogP contribution < -0.4 is 0 Å². The summed E-state index contributed by atoms with van der Waals surface area (Å²) in [5.41, 5.74) is 0.416. The highest BCUT2D eigenvalue weighted by atomic mass is 16.3. The molecule has 2 heteroatoms. The molecule has 1 aliphatic heterocycles. The van der Waals surface area contributed by atoms with Crippen LogP contribution in [0.25, 0.3) is 0 Å². The van der Waals surface area contributed by atoms with Crippen LogP contribution in [0.1, 0.15) is 47.0 Å². The normalized spacial score (nSPS) is 44.8. The van der Waals surface area contributed by atoms with Crippen molar-refractivity contribution in [3.8, 4) is 0 Å². The molecule has 1 heterocycles. The Kier molecular flexibility index (Phi) is 3.33. The summed E-state index contributed by atoms with van der Waals surface area (Å²) < 4.78 is 0. The topological polar surface area (TPSA) is 23.5 Å². The van der Waals surface area contributed by atoms with Crippen molar-refractivity contribution in [2.24, 2.45) is 17.3 Å². The van der Waals surface area contributed by atoms with Crippen LogP contribution in [0.3, 0.4) is 0 Å². The van der Waals surface area contributed by atoms with E-state index in [9.17, 15) is 5.11 Å². The van der Waals surface area contributed by atoms with Crippen molar-refractivity contribution in [3.63, 3.8) is 0 Å². The highest BCUT2D eigenvalue weighted by Crippen LogP contribution is 2.39. The van der Waals surface area contributed by atoms with Gasteiger partial charge < -0.3 is 5.11 Å². The molecule has 4 unspecified atom stereocenters. The van der Waals surface area contributed by atoms with Gasteiger partial charge in [0.1, 0.15) is 0 Å². The van der Waals surface area contributed by atoms with E-state index in [2.05, 4.69) is 32.6 Å². The van der Waals surface area contributed by atoms with Gasteiger partial charge in [0.15, 0.2) is 0 Å². The fraction of sp³-hybridized carbons (Fsp3) is 1.00. The minimum Gasteiger partial charge on any atom is -0.391 e. The van der Waals surface area contributed by atoms with Gasteiger partial charge in [-0.1, -0.05) is 27.7 Å². The van der Waals surface area contributed by atoms with Gasteiger partial charge in [-0.15, -0.1) is 0 Å². The summed E-state index contributed by atoms with van der Waals surface area (Å²) in [7, 11) is 0. The first kappa shape index (κ1) is 12.4. The standard InChI is InChI=1S/C14H27NO/c1-10-8-15(9-11(10)2)12-7-14(3,4)6-5-13(12)16/h10-13,16H,5-9H2,1-4H3. The summed E-state index contributed by atoms with van der Waals surface area (Å²) in [5.74, 6) is 1.58. The first-order valence-corrected chi connectivity index (χ1v) is 6.81. The maximum atomic E-state index is 10.2. The molecule has 0 amide bonds. The lowest BCUT2D eigenvalue weighted by atomic mass is 9.73. The van der Waals surface area contributed by atoms with Crippen LogP contribution in [0.15, 0.2) is 0 Å². The third-order valence-corrected chi connectivity index (χ3v) is 4.81. The molecule has 1 saturated heterocycles. The first-order valence-electron chi connectivity index (χ1n) is 6.81. The van der Waals surface area contributed by atoms with E-state index >= 15 is 0 Å². The predicted molar refractivity (Wildman–Crippen MR) is 67.3 cm³/mol. The van der Waals surface area contributed by atoms with Crippen molar-refractivity contribution < 1.29 is 5.11 Å². The average molecular weight is 225 g/mol. The quantitative estimate of drug-likeness (QED) is 0.741. The van der Waals surface area contributed by atoms with Crippen molar-refractivity contribution >= 4 is 0 Å². The van der Waals surface area contributed by atoms with Gasteiger partial charge in [0.25, 0.3) is 0 Å². The van der Waals surface area contributed by atoms with Crippen LogP contribution >= 0.6 is 0 Å². The highest BCUT2D eigenvalue weighted by molar-refractivity contribution is 4.94. The van der Waals surface area contributed by atoms with E-state index in [-0.39, 0.29) is 6.10 Å². The lowest BCUT2D eigenvalue weighted by Crippen LogP contribution is -2.48. The number of hydrogen-bond donors (Lipinski definition) is 1. The molecule has 16 heavy (non-hydrogen) atoms. The lowest BCUT2D eigenvalue weighted by molar-refractivity contribution is -0.0101. The highest BCUT2D eigenvalue weighted by Gasteiger charge is 2.40. The minimum atomic E-state index is -0.0921. The van der Waals surface area contributed by atoms with Crippen LogP contribution in [0.5, 0.6) is 0 Å². The van der Waals surface area contributed by atoms with Crippen LogP contribution in [0.4, 0.5) is 0 Å². The largest absolute Gasteiger partial charge is 0.391 e. The Morgan fingerprint density at radius 3 is 2.25 bits per heavy atom. The molecule has 1 N–H and O–H groups in total. The zero-order valence-electron chi connectivity index (χ0n) is 11.2. The second-order valence-electron chi connectivity index (χ2n) is 6.95. The monoisotopic (exact) mass is 225 g/mol. The molecule has 0 aromatic heterocycles. The molecule has 2 rings (SSSR count). The van der Waals surface area contributed by atoms with Crippen LogP contribution in [0, 0.1) is 17.3 Å². The fourth-order valence-electron chi connectivity index (χ4n) is 3.35. The molecule has 1 saturated carbocycles. The molecule has 0 radical (unpaired) electrons. The molecular formula is C14H27NO. The van der Waals surface area contributed by atoms with Gasteiger partial charge in [0.05, 0.1) is 6.10 Å². The average Bonchev–Trinajstić information content (AvgIpc) is 2.51. The molecule has 0 aromatic rings.